The lowest BCUT2D eigenvalue weighted by Gasteiger charge is -2.16. The molecular weight excluding hydrogens is 169 g/mol. The largest absolute Gasteiger partial charge is 0.411 e. The van der Waals surface area contributed by atoms with Crippen LogP contribution in [0.25, 0.3) is 0 Å². The standard InChI is InChI=1S/C10H10FNO/c11-9-5-1-4-8-7(9)3-2-6-10(8)12-13/h1,4-5,13H,2-3,6H2. The zero-order chi connectivity index (χ0) is 9.26. The summed E-state index contributed by atoms with van der Waals surface area (Å²) in [6, 6.07) is 4.89. The van der Waals surface area contributed by atoms with E-state index in [9.17, 15) is 4.39 Å². The summed E-state index contributed by atoms with van der Waals surface area (Å²) < 4.78 is 13.2. The third kappa shape index (κ3) is 1.30. The van der Waals surface area contributed by atoms with Crippen molar-refractivity contribution in [3.05, 3.63) is 35.1 Å². The Balaban J connectivity index is 2.58. The number of rotatable bonds is 0. The summed E-state index contributed by atoms with van der Waals surface area (Å²) in [6.45, 7) is 0. The molecule has 0 aromatic heterocycles. The molecule has 0 fully saturated rings. The molecule has 68 valence electrons. The summed E-state index contributed by atoms with van der Waals surface area (Å²) in [5, 5.41) is 11.9. The number of nitrogens with zero attached hydrogens (tertiary/aromatic N) is 1. The minimum Gasteiger partial charge on any atom is -0.411 e. The van der Waals surface area contributed by atoms with Gasteiger partial charge in [-0.25, -0.2) is 4.39 Å². The van der Waals surface area contributed by atoms with Crippen LogP contribution in [-0.2, 0) is 6.42 Å². The first-order chi connectivity index (χ1) is 6.33. The fraction of sp³-hybridized carbons (Fsp3) is 0.300. The van der Waals surface area contributed by atoms with Gasteiger partial charge in [-0.2, -0.15) is 0 Å². The lowest BCUT2D eigenvalue weighted by Crippen LogP contribution is -2.13. The molecule has 0 radical (unpaired) electrons. The summed E-state index contributed by atoms with van der Waals surface area (Å²) in [7, 11) is 0. The van der Waals surface area contributed by atoms with Gasteiger partial charge in [-0.1, -0.05) is 17.3 Å². The zero-order valence-corrected chi connectivity index (χ0v) is 7.13. The van der Waals surface area contributed by atoms with Gasteiger partial charge in [-0.3, -0.25) is 0 Å². The topological polar surface area (TPSA) is 32.6 Å². The van der Waals surface area contributed by atoms with Crippen LogP contribution in [0.5, 0.6) is 0 Å². The molecule has 2 rings (SSSR count). The van der Waals surface area contributed by atoms with E-state index in [0.717, 1.165) is 24.8 Å². The average molecular weight is 179 g/mol. The molecule has 0 unspecified atom stereocenters. The highest BCUT2D eigenvalue weighted by molar-refractivity contribution is 6.02. The van der Waals surface area contributed by atoms with E-state index in [0.29, 0.717) is 11.3 Å². The van der Waals surface area contributed by atoms with Crippen LogP contribution in [0.1, 0.15) is 24.0 Å². The van der Waals surface area contributed by atoms with Crippen LogP contribution in [0.3, 0.4) is 0 Å². The van der Waals surface area contributed by atoms with Crippen molar-refractivity contribution in [3.63, 3.8) is 0 Å². The van der Waals surface area contributed by atoms with Crippen LogP contribution in [0.2, 0.25) is 0 Å². The van der Waals surface area contributed by atoms with Crippen molar-refractivity contribution < 1.29 is 9.60 Å². The molecule has 13 heavy (non-hydrogen) atoms. The van der Waals surface area contributed by atoms with Crippen LogP contribution >= 0.6 is 0 Å². The maximum Gasteiger partial charge on any atom is 0.127 e. The summed E-state index contributed by atoms with van der Waals surface area (Å²) >= 11 is 0. The number of halogens is 1. The van der Waals surface area contributed by atoms with E-state index >= 15 is 0 Å². The van der Waals surface area contributed by atoms with E-state index < -0.39 is 0 Å². The molecule has 1 aliphatic rings. The van der Waals surface area contributed by atoms with E-state index in [4.69, 9.17) is 5.21 Å². The summed E-state index contributed by atoms with van der Waals surface area (Å²) in [4.78, 5) is 0. The monoisotopic (exact) mass is 179 g/mol. The molecule has 2 nitrogen and oxygen atoms in total. The Hall–Kier alpha value is -1.38. The molecule has 1 N–H and O–H groups in total. The second-order valence-corrected chi connectivity index (χ2v) is 3.17. The Bertz CT molecular complexity index is 360. The number of fused-ring (bicyclic) bond motifs is 1. The third-order valence-corrected chi connectivity index (χ3v) is 2.39. The van der Waals surface area contributed by atoms with Crippen molar-refractivity contribution >= 4 is 5.71 Å². The molecule has 0 aliphatic heterocycles. The van der Waals surface area contributed by atoms with Gasteiger partial charge in [0.1, 0.15) is 5.82 Å². The highest BCUT2D eigenvalue weighted by atomic mass is 19.1. The second kappa shape index (κ2) is 3.17. The Morgan fingerprint density at radius 3 is 2.92 bits per heavy atom. The van der Waals surface area contributed by atoms with Gasteiger partial charge >= 0.3 is 0 Å². The van der Waals surface area contributed by atoms with E-state index in [1.807, 2.05) is 0 Å². The van der Waals surface area contributed by atoms with Crippen LogP contribution in [0.4, 0.5) is 4.39 Å². The van der Waals surface area contributed by atoms with Crippen LogP contribution in [-0.4, -0.2) is 10.9 Å². The summed E-state index contributed by atoms with van der Waals surface area (Å²) in [6.07, 6.45) is 2.32. The second-order valence-electron chi connectivity index (χ2n) is 3.17. The fourth-order valence-corrected chi connectivity index (χ4v) is 1.75. The molecule has 1 aromatic rings. The van der Waals surface area contributed by atoms with Crippen LogP contribution < -0.4 is 0 Å². The maximum absolute atomic E-state index is 13.2. The number of hydrogen-bond donors (Lipinski definition) is 1. The first-order valence-corrected chi connectivity index (χ1v) is 4.31. The van der Waals surface area contributed by atoms with E-state index in [2.05, 4.69) is 5.16 Å². The van der Waals surface area contributed by atoms with E-state index in [1.165, 1.54) is 6.07 Å². The van der Waals surface area contributed by atoms with Crippen LogP contribution in [0.15, 0.2) is 23.4 Å². The Labute approximate surface area is 75.7 Å². The van der Waals surface area contributed by atoms with Crippen molar-refractivity contribution in [1.82, 2.24) is 0 Å². The SMILES string of the molecule is ON=C1CCCc2c(F)cccc21. The van der Waals surface area contributed by atoms with Gasteiger partial charge in [0.2, 0.25) is 0 Å². The van der Waals surface area contributed by atoms with Crippen LogP contribution in [0, 0.1) is 5.82 Å². The van der Waals surface area contributed by atoms with Gasteiger partial charge < -0.3 is 5.21 Å². The Kier molecular flexibility index (Phi) is 2.00. The fourth-order valence-electron chi connectivity index (χ4n) is 1.75. The van der Waals surface area contributed by atoms with Crippen molar-refractivity contribution in [2.45, 2.75) is 19.3 Å². The number of benzene rings is 1. The predicted molar refractivity (Wildman–Crippen MR) is 47.7 cm³/mol. The normalized spacial score (nSPS) is 18.7. The van der Waals surface area contributed by atoms with Crippen molar-refractivity contribution in [1.29, 1.82) is 0 Å². The van der Waals surface area contributed by atoms with Crippen molar-refractivity contribution in [3.8, 4) is 0 Å². The zero-order valence-electron chi connectivity index (χ0n) is 7.13. The van der Waals surface area contributed by atoms with Gasteiger partial charge in [-0.15, -0.1) is 0 Å². The highest BCUT2D eigenvalue weighted by Gasteiger charge is 2.18. The summed E-state index contributed by atoms with van der Waals surface area (Å²) in [5.74, 6) is -0.196. The predicted octanol–water partition coefficient (Wildman–Crippen LogP) is 2.34. The van der Waals surface area contributed by atoms with Gasteiger partial charge in [0, 0.05) is 5.56 Å². The Morgan fingerprint density at radius 1 is 1.31 bits per heavy atom. The molecule has 0 atom stereocenters. The quantitative estimate of drug-likeness (QED) is 0.481. The molecule has 0 heterocycles. The first kappa shape index (κ1) is 8.23. The average Bonchev–Trinajstić information content (AvgIpc) is 2.18. The van der Waals surface area contributed by atoms with Gasteiger partial charge in [0.05, 0.1) is 5.71 Å². The molecule has 0 bridgehead atoms. The van der Waals surface area contributed by atoms with Gasteiger partial charge in [0.15, 0.2) is 0 Å². The van der Waals surface area contributed by atoms with Gasteiger partial charge in [0.25, 0.3) is 0 Å². The minimum absolute atomic E-state index is 0.196. The highest BCUT2D eigenvalue weighted by Crippen LogP contribution is 2.23. The first-order valence-electron chi connectivity index (χ1n) is 4.31. The molecule has 0 saturated carbocycles. The Morgan fingerprint density at radius 2 is 2.15 bits per heavy atom. The van der Waals surface area contributed by atoms with Crippen molar-refractivity contribution in [2.75, 3.05) is 0 Å². The van der Waals surface area contributed by atoms with E-state index in [1.54, 1.807) is 12.1 Å². The number of oxime groups is 1. The van der Waals surface area contributed by atoms with Crippen molar-refractivity contribution in [2.24, 2.45) is 5.16 Å². The molecule has 1 aromatic carbocycles. The molecule has 1 aliphatic carbocycles. The third-order valence-electron chi connectivity index (χ3n) is 2.39. The van der Waals surface area contributed by atoms with Gasteiger partial charge in [-0.05, 0) is 30.9 Å². The summed E-state index contributed by atoms with van der Waals surface area (Å²) in [5.41, 5.74) is 2.04. The molecular formula is C10H10FNO. The maximum atomic E-state index is 13.2. The molecule has 0 saturated heterocycles. The smallest absolute Gasteiger partial charge is 0.127 e. The molecule has 0 amide bonds. The number of hydrogen-bond acceptors (Lipinski definition) is 2. The molecule has 3 heteroatoms. The van der Waals surface area contributed by atoms with E-state index in [-0.39, 0.29) is 5.82 Å². The minimum atomic E-state index is -0.196. The lowest BCUT2D eigenvalue weighted by atomic mass is 9.90. The lowest BCUT2D eigenvalue weighted by molar-refractivity contribution is 0.317. The molecule has 0 spiro atoms.